The van der Waals surface area contributed by atoms with Crippen molar-refractivity contribution < 1.29 is 14.7 Å². The lowest BCUT2D eigenvalue weighted by Gasteiger charge is -2.21. The van der Waals surface area contributed by atoms with Crippen LogP contribution in [-0.4, -0.2) is 36.2 Å². The molecule has 0 heterocycles. The van der Waals surface area contributed by atoms with Crippen LogP contribution in [-0.2, 0) is 4.79 Å². The highest BCUT2D eigenvalue weighted by atomic mass is 16.3. The Bertz CT molecular complexity index is 843. The molecule has 3 N–H and O–H groups in total. The fourth-order valence-corrected chi connectivity index (χ4v) is 2.61. The monoisotopic (exact) mass is 382 g/mol. The molecular weight excluding hydrogens is 356 g/mol. The Morgan fingerprint density at radius 3 is 2.32 bits per heavy atom. The van der Waals surface area contributed by atoms with E-state index < -0.39 is 0 Å². The molecule has 0 fully saturated rings. The number of phenolic OH excluding ortho intramolecular Hbond substituents is 1. The summed E-state index contributed by atoms with van der Waals surface area (Å²) in [6, 6.07) is 11.9. The average Bonchev–Trinajstić information content (AvgIpc) is 2.70. The zero-order chi connectivity index (χ0) is 20.5. The first-order chi connectivity index (χ1) is 13.5. The molecule has 7 heteroatoms. The number of carbonyl (C=O) groups is 2. The number of carbonyl (C=O) groups excluding carboxylic acids is 2. The lowest BCUT2D eigenvalue weighted by Crippen LogP contribution is -2.21. The summed E-state index contributed by atoms with van der Waals surface area (Å²) in [5.41, 5.74) is 4.90. The third-order valence-corrected chi connectivity index (χ3v) is 4.26. The van der Waals surface area contributed by atoms with E-state index in [9.17, 15) is 14.7 Å². The largest absolute Gasteiger partial charge is 0.507 e. The lowest BCUT2D eigenvalue weighted by molar-refractivity contribution is -0.115. The van der Waals surface area contributed by atoms with Crippen LogP contribution in [0.3, 0.4) is 0 Å². The van der Waals surface area contributed by atoms with Crippen LogP contribution in [0.15, 0.2) is 47.6 Å². The molecule has 0 saturated carbocycles. The number of rotatable bonds is 8. The highest BCUT2D eigenvalue weighted by Crippen LogP contribution is 2.23. The highest BCUT2D eigenvalue weighted by molar-refractivity contribution is 5.96. The number of hydrogen-bond acceptors (Lipinski definition) is 5. The Balaban J connectivity index is 1.98. The molecule has 7 nitrogen and oxygen atoms in total. The fraction of sp³-hybridized carbons (Fsp3) is 0.286. The molecule has 0 aromatic heterocycles. The molecule has 0 bridgehead atoms. The number of amides is 2. The zero-order valence-corrected chi connectivity index (χ0v) is 16.4. The number of phenols is 1. The van der Waals surface area contributed by atoms with Crippen LogP contribution in [0.1, 0.15) is 43.1 Å². The second-order valence-corrected chi connectivity index (χ2v) is 6.09. The molecule has 2 aromatic carbocycles. The molecule has 0 aliphatic heterocycles. The fourth-order valence-electron chi connectivity index (χ4n) is 2.61. The predicted molar refractivity (Wildman–Crippen MR) is 112 cm³/mol. The SMILES string of the molecule is CCC(=O)Nc1ccc(C(=O)N/N=C\c2ccc(N(CC)CC)cc2O)cc1. The maximum Gasteiger partial charge on any atom is 0.271 e. The van der Waals surface area contributed by atoms with E-state index in [0.29, 0.717) is 23.2 Å². The van der Waals surface area contributed by atoms with Gasteiger partial charge < -0.3 is 15.3 Å². The molecule has 0 spiro atoms. The lowest BCUT2D eigenvalue weighted by atomic mass is 10.2. The van der Waals surface area contributed by atoms with Gasteiger partial charge in [-0.05, 0) is 50.2 Å². The van der Waals surface area contributed by atoms with Crippen LogP contribution in [0.25, 0.3) is 0 Å². The highest BCUT2D eigenvalue weighted by Gasteiger charge is 2.07. The summed E-state index contributed by atoms with van der Waals surface area (Å²) in [5.74, 6) is -0.379. The van der Waals surface area contributed by atoms with Crippen molar-refractivity contribution in [1.82, 2.24) is 5.43 Å². The number of benzene rings is 2. The molecule has 148 valence electrons. The van der Waals surface area contributed by atoms with E-state index in [0.717, 1.165) is 18.8 Å². The van der Waals surface area contributed by atoms with E-state index in [4.69, 9.17) is 0 Å². The molecule has 0 aliphatic rings. The minimum atomic E-state index is -0.385. The second-order valence-electron chi connectivity index (χ2n) is 6.09. The first-order valence-corrected chi connectivity index (χ1v) is 9.29. The summed E-state index contributed by atoms with van der Waals surface area (Å²) >= 11 is 0. The minimum absolute atomic E-state index is 0.0892. The number of aromatic hydroxyl groups is 1. The van der Waals surface area contributed by atoms with Gasteiger partial charge in [0, 0.05) is 48.1 Å². The quantitative estimate of drug-likeness (QED) is 0.482. The van der Waals surface area contributed by atoms with Gasteiger partial charge in [0.2, 0.25) is 5.91 Å². The van der Waals surface area contributed by atoms with Crippen LogP contribution in [0.5, 0.6) is 5.75 Å². The zero-order valence-electron chi connectivity index (χ0n) is 16.4. The Labute approximate surface area is 165 Å². The van der Waals surface area contributed by atoms with Crippen molar-refractivity contribution in [3.05, 3.63) is 53.6 Å². The smallest absolute Gasteiger partial charge is 0.271 e. The molecule has 0 unspecified atom stereocenters. The van der Waals surface area contributed by atoms with Crippen LogP contribution >= 0.6 is 0 Å². The van der Waals surface area contributed by atoms with E-state index in [1.54, 1.807) is 43.3 Å². The Morgan fingerprint density at radius 2 is 1.75 bits per heavy atom. The van der Waals surface area contributed by atoms with E-state index >= 15 is 0 Å². The van der Waals surface area contributed by atoms with Crippen molar-refractivity contribution in [1.29, 1.82) is 0 Å². The second kappa shape index (κ2) is 10.1. The van der Waals surface area contributed by atoms with Crippen molar-refractivity contribution in [2.75, 3.05) is 23.3 Å². The molecule has 2 amide bonds. The number of nitrogens with zero attached hydrogens (tertiary/aromatic N) is 2. The first kappa shape index (κ1) is 21.0. The summed E-state index contributed by atoms with van der Waals surface area (Å²) in [4.78, 5) is 25.6. The minimum Gasteiger partial charge on any atom is -0.507 e. The molecular formula is C21H26N4O3. The van der Waals surface area contributed by atoms with Crippen LogP contribution in [0.4, 0.5) is 11.4 Å². The molecule has 0 aliphatic carbocycles. The third-order valence-electron chi connectivity index (χ3n) is 4.26. The van der Waals surface area contributed by atoms with Gasteiger partial charge in [-0.25, -0.2) is 5.43 Å². The van der Waals surface area contributed by atoms with E-state index in [-0.39, 0.29) is 17.6 Å². The van der Waals surface area contributed by atoms with Gasteiger partial charge in [0.1, 0.15) is 5.75 Å². The number of hydrazone groups is 1. The van der Waals surface area contributed by atoms with Crippen LogP contribution in [0.2, 0.25) is 0 Å². The van der Waals surface area contributed by atoms with E-state index in [1.807, 2.05) is 6.07 Å². The molecule has 0 radical (unpaired) electrons. The van der Waals surface area contributed by atoms with Crippen molar-refractivity contribution >= 4 is 29.4 Å². The maximum atomic E-state index is 12.1. The number of hydrogen-bond donors (Lipinski definition) is 3. The molecule has 0 saturated heterocycles. The summed E-state index contributed by atoms with van der Waals surface area (Å²) < 4.78 is 0. The first-order valence-electron chi connectivity index (χ1n) is 9.29. The standard InChI is InChI=1S/C21H26N4O3/c1-4-20(27)23-17-10-7-15(8-11-17)21(28)24-22-14-16-9-12-18(13-19(16)26)25(5-2)6-3/h7-14,26H,4-6H2,1-3H3,(H,23,27)(H,24,28)/b22-14-. The van der Waals surface area contributed by atoms with Gasteiger partial charge in [0.15, 0.2) is 0 Å². The molecule has 2 rings (SSSR count). The van der Waals surface area contributed by atoms with E-state index in [1.165, 1.54) is 6.21 Å². The summed E-state index contributed by atoms with van der Waals surface area (Å²) in [5, 5.41) is 16.8. The predicted octanol–water partition coefficient (Wildman–Crippen LogP) is 3.35. The van der Waals surface area contributed by atoms with E-state index in [2.05, 4.69) is 34.6 Å². The number of nitrogens with one attached hydrogen (secondary N) is 2. The van der Waals surface area contributed by atoms with Crippen LogP contribution in [0, 0.1) is 0 Å². The summed E-state index contributed by atoms with van der Waals surface area (Å²) in [6.45, 7) is 7.57. The van der Waals surface area contributed by atoms with Gasteiger partial charge in [-0.3, -0.25) is 9.59 Å². The topological polar surface area (TPSA) is 94.0 Å². The van der Waals surface area contributed by atoms with Gasteiger partial charge >= 0.3 is 0 Å². The normalized spacial score (nSPS) is 10.7. The van der Waals surface area contributed by atoms with Crippen molar-refractivity contribution in [3.63, 3.8) is 0 Å². The molecule has 2 aromatic rings. The summed E-state index contributed by atoms with van der Waals surface area (Å²) in [7, 11) is 0. The van der Waals surface area contributed by atoms with Gasteiger partial charge in [0.25, 0.3) is 5.91 Å². The Hall–Kier alpha value is -3.35. The number of anilines is 2. The Kier molecular flexibility index (Phi) is 7.56. The van der Waals surface area contributed by atoms with Gasteiger partial charge in [-0.15, -0.1) is 0 Å². The van der Waals surface area contributed by atoms with Gasteiger partial charge in [0.05, 0.1) is 6.21 Å². The third kappa shape index (κ3) is 5.57. The van der Waals surface area contributed by atoms with Crippen molar-refractivity contribution in [2.24, 2.45) is 5.10 Å². The van der Waals surface area contributed by atoms with Crippen molar-refractivity contribution in [2.45, 2.75) is 27.2 Å². The van der Waals surface area contributed by atoms with Crippen molar-refractivity contribution in [3.8, 4) is 5.75 Å². The van der Waals surface area contributed by atoms with Crippen LogP contribution < -0.4 is 15.6 Å². The average molecular weight is 382 g/mol. The van der Waals surface area contributed by atoms with Gasteiger partial charge in [-0.2, -0.15) is 5.10 Å². The van der Waals surface area contributed by atoms with Gasteiger partial charge in [-0.1, -0.05) is 6.92 Å². The molecule has 0 atom stereocenters. The maximum absolute atomic E-state index is 12.1. The summed E-state index contributed by atoms with van der Waals surface area (Å²) in [6.07, 6.45) is 1.79. The molecule has 28 heavy (non-hydrogen) atoms. The Morgan fingerprint density at radius 1 is 1.07 bits per heavy atom.